The molecule has 1 aromatic rings. The first-order chi connectivity index (χ1) is 10.3. The molecular formula is C18H29NO2. The molecule has 1 N–H and O–H groups in total. The summed E-state index contributed by atoms with van der Waals surface area (Å²) >= 11 is 0. The summed E-state index contributed by atoms with van der Waals surface area (Å²) in [5.41, 5.74) is 1.67. The van der Waals surface area contributed by atoms with Gasteiger partial charge >= 0.3 is 0 Å². The fraction of sp³-hybridized carbons (Fsp3) is 0.667. The number of benzene rings is 1. The Labute approximate surface area is 129 Å². The molecule has 1 aliphatic carbocycles. The predicted octanol–water partition coefficient (Wildman–Crippen LogP) is 3.52. The second kappa shape index (κ2) is 8.40. The Morgan fingerprint density at radius 3 is 2.52 bits per heavy atom. The smallest absolute Gasteiger partial charge is 0.119 e. The Morgan fingerprint density at radius 2 is 1.86 bits per heavy atom. The summed E-state index contributed by atoms with van der Waals surface area (Å²) in [6.45, 7) is 2.72. The van der Waals surface area contributed by atoms with Crippen molar-refractivity contribution in [2.24, 2.45) is 0 Å². The van der Waals surface area contributed by atoms with Crippen molar-refractivity contribution in [3.05, 3.63) is 29.8 Å². The number of nitrogens with one attached hydrogen (secondary N) is 1. The molecular weight excluding hydrogens is 262 g/mol. The third-order valence-electron chi connectivity index (χ3n) is 4.69. The zero-order valence-corrected chi connectivity index (χ0v) is 13.5. The van der Waals surface area contributed by atoms with Crippen molar-refractivity contribution in [1.82, 2.24) is 5.32 Å². The molecule has 1 aromatic carbocycles. The molecule has 1 fully saturated rings. The van der Waals surface area contributed by atoms with E-state index < -0.39 is 0 Å². The highest BCUT2D eigenvalue weighted by atomic mass is 16.5. The van der Waals surface area contributed by atoms with Crippen LogP contribution in [-0.4, -0.2) is 33.9 Å². The molecule has 3 heteroatoms. The minimum Gasteiger partial charge on any atom is -0.497 e. The van der Waals surface area contributed by atoms with Crippen molar-refractivity contribution in [2.75, 3.05) is 33.9 Å². The highest BCUT2D eigenvalue weighted by Crippen LogP contribution is 2.39. The second-order valence-corrected chi connectivity index (χ2v) is 6.10. The summed E-state index contributed by atoms with van der Waals surface area (Å²) in [5.74, 6) is 0.966. The number of methoxy groups -OCH3 is 2. The summed E-state index contributed by atoms with van der Waals surface area (Å²) in [7, 11) is 3.50. The summed E-state index contributed by atoms with van der Waals surface area (Å²) in [5, 5.41) is 3.59. The molecule has 1 saturated carbocycles. The first kappa shape index (κ1) is 16.3. The first-order valence-corrected chi connectivity index (χ1v) is 8.15. The van der Waals surface area contributed by atoms with Crippen LogP contribution in [-0.2, 0) is 10.2 Å². The zero-order chi connectivity index (χ0) is 15.0. The molecule has 0 aliphatic heterocycles. The van der Waals surface area contributed by atoms with E-state index in [1.165, 1.54) is 44.1 Å². The fourth-order valence-electron chi connectivity index (χ4n) is 3.43. The van der Waals surface area contributed by atoms with Crippen LogP contribution in [0, 0.1) is 0 Å². The summed E-state index contributed by atoms with van der Waals surface area (Å²) in [6, 6.07) is 8.65. The number of rotatable bonds is 7. The Morgan fingerprint density at radius 1 is 1.10 bits per heavy atom. The topological polar surface area (TPSA) is 30.5 Å². The van der Waals surface area contributed by atoms with Gasteiger partial charge in [0.05, 0.1) is 13.7 Å². The van der Waals surface area contributed by atoms with Crippen LogP contribution in [0.1, 0.15) is 44.1 Å². The molecule has 0 aromatic heterocycles. The zero-order valence-electron chi connectivity index (χ0n) is 13.5. The quantitative estimate of drug-likeness (QED) is 0.616. The van der Waals surface area contributed by atoms with E-state index >= 15 is 0 Å². The standard InChI is InChI=1S/C18H29NO2/c1-20-13-12-19-15-18(10-5-3-4-6-11-18)16-8-7-9-17(14-16)21-2/h7-9,14,19H,3-6,10-13,15H2,1-2H3. The van der Waals surface area contributed by atoms with Gasteiger partial charge in [-0.3, -0.25) is 0 Å². The molecule has 2 rings (SSSR count). The Hall–Kier alpha value is -1.06. The molecule has 0 unspecified atom stereocenters. The van der Waals surface area contributed by atoms with E-state index in [0.29, 0.717) is 0 Å². The van der Waals surface area contributed by atoms with Crippen LogP contribution in [0.2, 0.25) is 0 Å². The van der Waals surface area contributed by atoms with E-state index in [0.717, 1.165) is 25.4 Å². The third kappa shape index (κ3) is 4.45. The Bertz CT molecular complexity index is 411. The second-order valence-electron chi connectivity index (χ2n) is 6.10. The van der Waals surface area contributed by atoms with Gasteiger partial charge in [0.1, 0.15) is 5.75 Å². The average Bonchev–Trinajstić information content (AvgIpc) is 2.78. The van der Waals surface area contributed by atoms with Gasteiger partial charge in [-0.25, -0.2) is 0 Å². The lowest BCUT2D eigenvalue weighted by atomic mass is 9.74. The molecule has 3 nitrogen and oxygen atoms in total. The van der Waals surface area contributed by atoms with E-state index in [2.05, 4.69) is 23.5 Å². The molecule has 0 bridgehead atoms. The van der Waals surface area contributed by atoms with Crippen molar-refractivity contribution in [1.29, 1.82) is 0 Å². The van der Waals surface area contributed by atoms with Gasteiger partial charge in [0.25, 0.3) is 0 Å². The maximum atomic E-state index is 5.42. The minimum atomic E-state index is 0.249. The van der Waals surface area contributed by atoms with Gasteiger partial charge in [-0.15, -0.1) is 0 Å². The van der Waals surface area contributed by atoms with Gasteiger partial charge in [0.15, 0.2) is 0 Å². The van der Waals surface area contributed by atoms with E-state index in [4.69, 9.17) is 9.47 Å². The monoisotopic (exact) mass is 291 g/mol. The Balaban J connectivity index is 2.16. The van der Waals surface area contributed by atoms with Gasteiger partial charge < -0.3 is 14.8 Å². The lowest BCUT2D eigenvalue weighted by Gasteiger charge is -2.34. The maximum absolute atomic E-state index is 5.42. The van der Waals surface area contributed by atoms with Crippen LogP contribution in [0.5, 0.6) is 5.75 Å². The van der Waals surface area contributed by atoms with E-state index in [9.17, 15) is 0 Å². The average molecular weight is 291 g/mol. The molecule has 21 heavy (non-hydrogen) atoms. The van der Waals surface area contributed by atoms with E-state index in [-0.39, 0.29) is 5.41 Å². The molecule has 118 valence electrons. The largest absolute Gasteiger partial charge is 0.497 e. The van der Waals surface area contributed by atoms with Gasteiger partial charge in [-0.05, 0) is 30.5 Å². The van der Waals surface area contributed by atoms with Crippen molar-refractivity contribution in [3.8, 4) is 5.75 Å². The molecule has 1 aliphatic rings. The summed E-state index contributed by atoms with van der Waals surface area (Å²) in [6.07, 6.45) is 7.90. The van der Waals surface area contributed by atoms with Gasteiger partial charge in [-0.2, -0.15) is 0 Å². The van der Waals surface area contributed by atoms with Crippen molar-refractivity contribution in [2.45, 2.75) is 43.9 Å². The SMILES string of the molecule is COCCNCC1(c2cccc(OC)c2)CCCCCC1. The van der Waals surface area contributed by atoms with Gasteiger partial charge in [-0.1, -0.05) is 37.8 Å². The lowest BCUT2D eigenvalue weighted by Crippen LogP contribution is -2.39. The molecule has 0 heterocycles. The van der Waals surface area contributed by atoms with Gasteiger partial charge in [0.2, 0.25) is 0 Å². The van der Waals surface area contributed by atoms with Crippen LogP contribution < -0.4 is 10.1 Å². The maximum Gasteiger partial charge on any atom is 0.119 e. The van der Waals surface area contributed by atoms with Crippen LogP contribution in [0.25, 0.3) is 0 Å². The van der Waals surface area contributed by atoms with Gasteiger partial charge in [0, 0.05) is 25.6 Å². The van der Waals surface area contributed by atoms with Crippen LogP contribution in [0.4, 0.5) is 0 Å². The van der Waals surface area contributed by atoms with Crippen molar-refractivity contribution >= 4 is 0 Å². The van der Waals surface area contributed by atoms with E-state index in [1.54, 1.807) is 14.2 Å². The lowest BCUT2D eigenvalue weighted by molar-refractivity contribution is 0.195. The molecule has 0 spiro atoms. The van der Waals surface area contributed by atoms with Crippen LogP contribution in [0.3, 0.4) is 0 Å². The summed E-state index contributed by atoms with van der Waals surface area (Å²) in [4.78, 5) is 0. The van der Waals surface area contributed by atoms with E-state index in [1.807, 2.05) is 6.07 Å². The molecule has 0 saturated heterocycles. The third-order valence-corrected chi connectivity index (χ3v) is 4.69. The summed E-state index contributed by atoms with van der Waals surface area (Å²) < 4.78 is 10.6. The number of hydrogen-bond donors (Lipinski definition) is 1. The van der Waals surface area contributed by atoms with Crippen LogP contribution >= 0.6 is 0 Å². The highest BCUT2D eigenvalue weighted by molar-refractivity contribution is 5.34. The highest BCUT2D eigenvalue weighted by Gasteiger charge is 2.32. The molecule has 0 radical (unpaired) electrons. The number of hydrogen-bond acceptors (Lipinski definition) is 3. The predicted molar refractivity (Wildman–Crippen MR) is 87.1 cm³/mol. The van der Waals surface area contributed by atoms with Crippen molar-refractivity contribution < 1.29 is 9.47 Å². The normalized spacial score (nSPS) is 18.2. The molecule has 0 atom stereocenters. The minimum absolute atomic E-state index is 0.249. The fourth-order valence-corrected chi connectivity index (χ4v) is 3.43. The number of ether oxygens (including phenoxy) is 2. The Kier molecular flexibility index (Phi) is 6.52. The van der Waals surface area contributed by atoms with Crippen molar-refractivity contribution in [3.63, 3.8) is 0 Å². The van der Waals surface area contributed by atoms with Crippen LogP contribution in [0.15, 0.2) is 24.3 Å². The molecule has 0 amide bonds. The first-order valence-electron chi connectivity index (χ1n) is 8.15.